The van der Waals surface area contributed by atoms with Crippen LogP contribution in [-0.4, -0.2) is 20.9 Å². The van der Waals surface area contributed by atoms with Crippen LogP contribution in [-0.2, 0) is 21.0 Å². The average Bonchev–Trinajstić information content (AvgIpc) is 2.55. The average molecular weight is 372 g/mol. The number of rotatable bonds is 5. The molecule has 2 aromatic rings. The highest BCUT2D eigenvalue weighted by atomic mass is 32.2. The van der Waals surface area contributed by atoms with Crippen molar-refractivity contribution in [2.45, 2.75) is 18.0 Å². The molecule has 0 saturated heterocycles. The lowest BCUT2D eigenvalue weighted by atomic mass is 10.2. The number of para-hydroxylation sites is 1. The predicted octanol–water partition coefficient (Wildman–Crippen LogP) is 2.93. The Morgan fingerprint density at radius 2 is 1.76 bits per heavy atom. The summed E-state index contributed by atoms with van der Waals surface area (Å²) in [4.78, 5) is 11.3. The molecule has 0 heterocycles. The monoisotopic (exact) mass is 372 g/mol. The molecule has 0 fully saturated rings. The van der Waals surface area contributed by atoms with Crippen LogP contribution < -0.4 is 10.0 Å². The molecule has 134 valence electrons. The lowest BCUT2D eigenvalue weighted by Crippen LogP contribution is -2.33. The third-order valence-electron chi connectivity index (χ3n) is 3.31. The molecule has 2 N–H and O–H groups in total. The number of hydrogen-bond acceptors (Lipinski definition) is 3. The van der Waals surface area contributed by atoms with Gasteiger partial charge < -0.3 is 5.32 Å². The first-order valence-corrected chi connectivity index (χ1v) is 8.60. The van der Waals surface area contributed by atoms with Crippen molar-refractivity contribution < 1.29 is 26.4 Å². The summed E-state index contributed by atoms with van der Waals surface area (Å²) in [5, 5.41) is 2.52. The quantitative estimate of drug-likeness (QED) is 0.847. The Morgan fingerprint density at radius 3 is 2.40 bits per heavy atom. The van der Waals surface area contributed by atoms with Gasteiger partial charge in [-0.3, -0.25) is 4.79 Å². The molecule has 1 amide bonds. The lowest BCUT2D eigenvalue weighted by Gasteiger charge is -2.11. The fourth-order valence-electron chi connectivity index (χ4n) is 1.99. The van der Waals surface area contributed by atoms with Gasteiger partial charge in [-0.1, -0.05) is 24.3 Å². The minimum atomic E-state index is -4.66. The van der Waals surface area contributed by atoms with Crippen molar-refractivity contribution in [1.29, 1.82) is 0 Å². The molecule has 0 spiro atoms. The summed E-state index contributed by atoms with van der Waals surface area (Å²) in [6, 6.07) is 10.2. The fourth-order valence-corrected chi connectivity index (χ4v) is 3.02. The Morgan fingerprint density at radius 1 is 1.08 bits per heavy atom. The highest BCUT2D eigenvalue weighted by Crippen LogP contribution is 2.30. The molecule has 0 aliphatic carbocycles. The zero-order chi connectivity index (χ0) is 18.7. The fraction of sp³-hybridized carbons (Fsp3) is 0.188. The molecule has 0 aliphatic rings. The molecule has 0 bridgehead atoms. The molecular formula is C16H15F3N2O3S. The molecule has 0 unspecified atom stereocenters. The molecular weight excluding hydrogens is 357 g/mol. The lowest BCUT2D eigenvalue weighted by molar-refractivity contribution is -0.137. The summed E-state index contributed by atoms with van der Waals surface area (Å²) in [5.74, 6) is -0.634. The van der Waals surface area contributed by atoms with Crippen LogP contribution in [0.4, 0.5) is 18.9 Å². The highest BCUT2D eigenvalue weighted by Gasteiger charge is 2.31. The maximum Gasteiger partial charge on any atom is 0.416 e. The minimum absolute atomic E-state index is 0.515. The van der Waals surface area contributed by atoms with Gasteiger partial charge in [0.25, 0.3) is 0 Å². The molecule has 0 radical (unpaired) electrons. The highest BCUT2D eigenvalue weighted by molar-refractivity contribution is 7.89. The minimum Gasteiger partial charge on any atom is -0.325 e. The van der Waals surface area contributed by atoms with E-state index in [0.717, 1.165) is 23.8 Å². The van der Waals surface area contributed by atoms with Gasteiger partial charge in [0.15, 0.2) is 0 Å². The molecule has 2 rings (SSSR count). The van der Waals surface area contributed by atoms with Gasteiger partial charge in [-0.05, 0) is 36.8 Å². The van der Waals surface area contributed by atoms with Crippen molar-refractivity contribution in [1.82, 2.24) is 4.72 Å². The number of sulfonamides is 1. The second-order valence-electron chi connectivity index (χ2n) is 5.21. The molecule has 9 heteroatoms. The van der Waals surface area contributed by atoms with E-state index in [0.29, 0.717) is 11.8 Å². The van der Waals surface area contributed by atoms with Crippen molar-refractivity contribution in [2.24, 2.45) is 0 Å². The number of aryl methyl sites for hydroxylation is 1. The van der Waals surface area contributed by atoms with E-state index in [-0.39, 0.29) is 0 Å². The summed E-state index contributed by atoms with van der Waals surface area (Å²) < 4.78 is 64.2. The van der Waals surface area contributed by atoms with E-state index >= 15 is 0 Å². The SMILES string of the molecule is Cc1ccccc1NC(=O)CNS(=O)(=O)c1cccc(C(F)(F)F)c1. The smallest absolute Gasteiger partial charge is 0.325 e. The van der Waals surface area contributed by atoms with E-state index in [1.54, 1.807) is 31.2 Å². The number of benzene rings is 2. The van der Waals surface area contributed by atoms with Crippen molar-refractivity contribution in [2.75, 3.05) is 11.9 Å². The standard InChI is InChI=1S/C16H15F3N2O3S/c1-11-5-2-3-8-14(11)21-15(22)10-20-25(23,24)13-7-4-6-12(9-13)16(17,18)19/h2-9,20H,10H2,1H3,(H,21,22). The summed E-state index contributed by atoms with van der Waals surface area (Å²) in [6.45, 7) is 1.16. The topological polar surface area (TPSA) is 75.3 Å². The number of carbonyl (C=O) groups excluding carboxylic acids is 1. The van der Waals surface area contributed by atoms with Gasteiger partial charge in [-0.25, -0.2) is 13.1 Å². The number of hydrogen-bond donors (Lipinski definition) is 2. The first kappa shape index (κ1) is 18.9. The van der Waals surface area contributed by atoms with E-state index in [9.17, 15) is 26.4 Å². The van der Waals surface area contributed by atoms with Gasteiger partial charge in [0.1, 0.15) is 0 Å². The van der Waals surface area contributed by atoms with Crippen molar-refractivity contribution in [3.05, 3.63) is 59.7 Å². The largest absolute Gasteiger partial charge is 0.416 e. The van der Waals surface area contributed by atoms with Crippen LogP contribution in [0, 0.1) is 6.92 Å². The number of alkyl halides is 3. The summed E-state index contributed by atoms with van der Waals surface area (Å²) >= 11 is 0. The van der Waals surface area contributed by atoms with E-state index in [1.165, 1.54) is 0 Å². The number of anilines is 1. The van der Waals surface area contributed by atoms with Crippen LogP contribution in [0.3, 0.4) is 0 Å². The summed E-state index contributed by atoms with van der Waals surface area (Å²) in [5.41, 5.74) is 0.224. The first-order chi connectivity index (χ1) is 11.6. The van der Waals surface area contributed by atoms with Gasteiger partial charge in [-0.15, -0.1) is 0 Å². The van der Waals surface area contributed by atoms with Gasteiger partial charge in [0, 0.05) is 5.69 Å². The Labute approximate surface area is 142 Å². The number of carbonyl (C=O) groups is 1. The third-order valence-corrected chi connectivity index (χ3v) is 4.71. The Bertz CT molecular complexity index is 880. The Hall–Kier alpha value is -2.39. The van der Waals surface area contributed by atoms with Gasteiger partial charge in [-0.2, -0.15) is 13.2 Å². The molecule has 0 aliphatic heterocycles. The number of nitrogens with one attached hydrogen (secondary N) is 2. The third kappa shape index (κ3) is 5.04. The zero-order valence-corrected chi connectivity index (χ0v) is 13.9. The van der Waals surface area contributed by atoms with Crippen LogP contribution in [0.1, 0.15) is 11.1 Å². The number of amides is 1. The molecule has 0 atom stereocenters. The van der Waals surface area contributed by atoms with Crippen LogP contribution in [0.2, 0.25) is 0 Å². The van der Waals surface area contributed by atoms with Crippen LogP contribution in [0.5, 0.6) is 0 Å². The Kier molecular flexibility index (Phi) is 5.48. The zero-order valence-electron chi connectivity index (χ0n) is 13.1. The second-order valence-corrected chi connectivity index (χ2v) is 6.98. The van der Waals surface area contributed by atoms with E-state index in [4.69, 9.17) is 0 Å². The molecule has 5 nitrogen and oxygen atoms in total. The van der Waals surface area contributed by atoms with Gasteiger partial charge >= 0.3 is 6.18 Å². The summed E-state index contributed by atoms with van der Waals surface area (Å²) in [6.07, 6.45) is -4.66. The van der Waals surface area contributed by atoms with E-state index < -0.39 is 39.1 Å². The normalized spacial score (nSPS) is 12.0. The van der Waals surface area contributed by atoms with Crippen LogP contribution in [0.15, 0.2) is 53.4 Å². The van der Waals surface area contributed by atoms with Crippen molar-refractivity contribution in [3.8, 4) is 0 Å². The second kappa shape index (κ2) is 7.24. The molecule has 0 aromatic heterocycles. The maximum atomic E-state index is 12.7. The van der Waals surface area contributed by atoms with Crippen molar-refractivity contribution in [3.63, 3.8) is 0 Å². The predicted molar refractivity (Wildman–Crippen MR) is 86.4 cm³/mol. The van der Waals surface area contributed by atoms with E-state index in [1.807, 2.05) is 4.72 Å². The number of halogens is 3. The maximum absolute atomic E-state index is 12.7. The summed E-state index contributed by atoms with van der Waals surface area (Å²) in [7, 11) is -4.25. The first-order valence-electron chi connectivity index (χ1n) is 7.12. The van der Waals surface area contributed by atoms with Crippen LogP contribution >= 0.6 is 0 Å². The Balaban J connectivity index is 2.07. The molecule has 0 saturated carbocycles. The van der Waals surface area contributed by atoms with Crippen molar-refractivity contribution >= 4 is 21.6 Å². The molecule has 2 aromatic carbocycles. The molecule has 25 heavy (non-hydrogen) atoms. The van der Waals surface area contributed by atoms with Crippen LogP contribution in [0.25, 0.3) is 0 Å². The van der Waals surface area contributed by atoms with Gasteiger partial charge in [0.05, 0.1) is 17.0 Å². The van der Waals surface area contributed by atoms with E-state index in [2.05, 4.69) is 5.32 Å². The van der Waals surface area contributed by atoms with Gasteiger partial charge in [0.2, 0.25) is 15.9 Å².